The molecular weight excluding hydrogens is 276 g/mol. The van der Waals surface area contributed by atoms with Crippen LogP contribution in [-0.2, 0) is 9.59 Å². The average molecular weight is 292 g/mol. The summed E-state index contributed by atoms with van der Waals surface area (Å²) >= 11 is 0. The van der Waals surface area contributed by atoms with E-state index in [1.165, 1.54) is 6.07 Å². The zero-order valence-corrected chi connectivity index (χ0v) is 11.7. The maximum atomic E-state index is 12.1. The highest BCUT2D eigenvalue weighted by atomic mass is 16.5. The third-order valence-corrected chi connectivity index (χ3v) is 2.92. The van der Waals surface area contributed by atoms with E-state index in [-0.39, 0.29) is 18.9 Å². The minimum absolute atomic E-state index is 0.0947. The monoisotopic (exact) mass is 292 g/mol. The third kappa shape index (κ3) is 3.71. The normalized spacial score (nSPS) is 13.7. The van der Waals surface area contributed by atoms with E-state index in [9.17, 15) is 14.4 Å². The first-order valence-corrected chi connectivity index (χ1v) is 6.38. The number of carbonyl (C=O) groups is 3. The topological polar surface area (TPSA) is 105 Å². The van der Waals surface area contributed by atoms with Gasteiger partial charge in [-0.25, -0.2) is 0 Å². The molecule has 3 N–H and O–H groups in total. The second-order valence-corrected chi connectivity index (χ2v) is 5.46. The fraction of sp³-hybridized carbons (Fsp3) is 0.357. The Morgan fingerprint density at radius 3 is 2.81 bits per heavy atom. The molecule has 1 heterocycles. The Labute approximate surface area is 121 Å². The van der Waals surface area contributed by atoms with Crippen molar-refractivity contribution in [3.8, 4) is 5.75 Å². The molecule has 2 rings (SSSR count). The largest absolute Gasteiger partial charge is 0.482 e. The van der Waals surface area contributed by atoms with Crippen molar-refractivity contribution in [2.75, 3.05) is 11.9 Å². The van der Waals surface area contributed by atoms with Crippen molar-refractivity contribution in [1.29, 1.82) is 0 Å². The highest BCUT2D eigenvalue weighted by molar-refractivity contribution is 5.99. The maximum Gasteiger partial charge on any atom is 0.305 e. The van der Waals surface area contributed by atoms with Gasteiger partial charge in [0.25, 0.3) is 11.8 Å². The van der Waals surface area contributed by atoms with E-state index < -0.39 is 17.4 Å². The molecule has 0 unspecified atom stereocenters. The van der Waals surface area contributed by atoms with Gasteiger partial charge < -0.3 is 20.5 Å². The van der Waals surface area contributed by atoms with E-state index in [0.717, 1.165) is 0 Å². The fourth-order valence-electron chi connectivity index (χ4n) is 2.02. The minimum atomic E-state index is -0.989. The van der Waals surface area contributed by atoms with Gasteiger partial charge in [-0.05, 0) is 32.0 Å². The Morgan fingerprint density at radius 1 is 1.43 bits per heavy atom. The summed E-state index contributed by atoms with van der Waals surface area (Å²) in [5.74, 6) is -1.22. The summed E-state index contributed by atoms with van der Waals surface area (Å²) in [6, 6.07) is 4.63. The maximum absolute atomic E-state index is 12.1. The predicted molar refractivity (Wildman–Crippen MR) is 74.4 cm³/mol. The summed E-state index contributed by atoms with van der Waals surface area (Å²) in [5, 5.41) is 14.1. The number of fused-ring (bicyclic) bond motifs is 1. The van der Waals surface area contributed by atoms with Gasteiger partial charge in [0.2, 0.25) is 0 Å². The van der Waals surface area contributed by atoms with Crippen LogP contribution in [0, 0.1) is 0 Å². The number of anilines is 1. The van der Waals surface area contributed by atoms with E-state index in [1.54, 1.807) is 26.0 Å². The minimum Gasteiger partial charge on any atom is -0.482 e. The molecule has 2 amide bonds. The summed E-state index contributed by atoms with van der Waals surface area (Å²) in [7, 11) is 0. The number of hydrogen-bond donors (Lipinski definition) is 3. The third-order valence-electron chi connectivity index (χ3n) is 2.92. The Hall–Kier alpha value is -2.57. The summed E-state index contributed by atoms with van der Waals surface area (Å²) in [5.41, 5.74) is -0.0237. The standard InChI is InChI=1S/C14H16N2O5/c1-14(2,6-12(18)19)16-13(20)8-3-4-9-10(5-8)21-7-11(17)15-9/h3-5H,6-7H2,1-2H3,(H,15,17)(H,16,20)(H,18,19). The molecule has 7 nitrogen and oxygen atoms in total. The highest BCUT2D eigenvalue weighted by Gasteiger charge is 2.25. The number of carbonyl (C=O) groups excluding carboxylic acids is 2. The zero-order chi connectivity index (χ0) is 15.6. The van der Waals surface area contributed by atoms with Gasteiger partial charge in [0.05, 0.1) is 12.1 Å². The van der Waals surface area contributed by atoms with Gasteiger partial charge >= 0.3 is 5.97 Å². The smallest absolute Gasteiger partial charge is 0.305 e. The molecule has 0 spiro atoms. The molecule has 112 valence electrons. The molecule has 1 aromatic carbocycles. The fourth-order valence-corrected chi connectivity index (χ4v) is 2.02. The van der Waals surface area contributed by atoms with E-state index in [0.29, 0.717) is 17.0 Å². The second kappa shape index (κ2) is 5.43. The van der Waals surface area contributed by atoms with Crippen molar-refractivity contribution >= 4 is 23.5 Å². The number of amides is 2. The molecule has 0 atom stereocenters. The van der Waals surface area contributed by atoms with Crippen molar-refractivity contribution in [3.63, 3.8) is 0 Å². The molecule has 21 heavy (non-hydrogen) atoms. The highest BCUT2D eigenvalue weighted by Crippen LogP contribution is 2.28. The quantitative estimate of drug-likeness (QED) is 0.768. The molecule has 0 bridgehead atoms. The van der Waals surface area contributed by atoms with Crippen LogP contribution in [0.5, 0.6) is 5.75 Å². The molecule has 0 aromatic heterocycles. The van der Waals surface area contributed by atoms with Crippen LogP contribution in [0.2, 0.25) is 0 Å². The van der Waals surface area contributed by atoms with E-state index in [4.69, 9.17) is 9.84 Å². The van der Waals surface area contributed by atoms with Crippen LogP contribution in [0.3, 0.4) is 0 Å². The Bertz CT molecular complexity index is 609. The molecule has 0 saturated carbocycles. The molecule has 0 radical (unpaired) electrons. The van der Waals surface area contributed by atoms with Gasteiger partial charge in [-0.3, -0.25) is 14.4 Å². The molecule has 1 aliphatic rings. The van der Waals surface area contributed by atoms with E-state index in [2.05, 4.69) is 10.6 Å². The number of rotatable bonds is 4. The van der Waals surface area contributed by atoms with Crippen molar-refractivity contribution in [2.45, 2.75) is 25.8 Å². The first kappa shape index (κ1) is 14.8. The van der Waals surface area contributed by atoms with Crippen molar-refractivity contribution < 1.29 is 24.2 Å². The second-order valence-electron chi connectivity index (χ2n) is 5.46. The first-order valence-electron chi connectivity index (χ1n) is 6.38. The van der Waals surface area contributed by atoms with Crippen LogP contribution in [0.25, 0.3) is 0 Å². The summed E-state index contributed by atoms with van der Waals surface area (Å²) in [6.07, 6.45) is -0.184. The van der Waals surface area contributed by atoms with E-state index in [1.807, 2.05) is 0 Å². The van der Waals surface area contributed by atoms with Crippen LogP contribution in [-0.4, -0.2) is 35.0 Å². The first-order chi connectivity index (χ1) is 9.77. The van der Waals surface area contributed by atoms with Crippen LogP contribution >= 0.6 is 0 Å². The Balaban J connectivity index is 2.13. The molecule has 1 aromatic rings. The Kier molecular flexibility index (Phi) is 3.84. The zero-order valence-electron chi connectivity index (χ0n) is 11.7. The molecule has 0 fully saturated rings. The lowest BCUT2D eigenvalue weighted by molar-refractivity contribution is -0.138. The van der Waals surface area contributed by atoms with Gasteiger partial charge in [0.1, 0.15) is 5.75 Å². The van der Waals surface area contributed by atoms with Gasteiger partial charge in [-0.2, -0.15) is 0 Å². The molecule has 0 saturated heterocycles. The molecule has 1 aliphatic heterocycles. The van der Waals surface area contributed by atoms with E-state index >= 15 is 0 Å². The van der Waals surface area contributed by atoms with Gasteiger partial charge in [-0.1, -0.05) is 0 Å². The van der Waals surface area contributed by atoms with Crippen LogP contribution in [0.1, 0.15) is 30.6 Å². The number of carboxylic acids is 1. The lowest BCUT2D eigenvalue weighted by atomic mass is 10.00. The molecule has 0 aliphatic carbocycles. The van der Waals surface area contributed by atoms with Crippen LogP contribution < -0.4 is 15.4 Å². The number of benzene rings is 1. The van der Waals surface area contributed by atoms with Gasteiger partial charge in [0, 0.05) is 11.1 Å². The van der Waals surface area contributed by atoms with Crippen LogP contribution in [0.4, 0.5) is 5.69 Å². The predicted octanol–water partition coefficient (Wildman–Crippen LogP) is 1.00. The number of carboxylic acid groups (broad SMARTS) is 1. The Morgan fingerprint density at radius 2 is 2.14 bits per heavy atom. The lowest BCUT2D eigenvalue weighted by Crippen LogP contribution is -2.45. The van der Waals surface area contributed by atoms with Crippen molar-refractivity contribution in [3.05, 3.63) is 23.8 Å². The average Bonchev–Trinajstić information content (AvgIpc) is 2.35. The number of hydrogen-bond acceptors (Lipinski definition) is 4. The van der Waals surface area contributed by atoms with Gasteiger partial charge in [0.15, 0.2) is 6.61 Å². The van der Waals surface area contributed by atoms with Crippen LogP contribution in [0.15, 0.2) is 18.2 Å². The van der Waals surface area contributed by atoms with Crippen molar-refractivity contribution in [1.82, 2.24) is 5.32 Å². The summed E-state index contributed by atoms with van der Waals surface area (Å²) < 4.78 is 5.24. The number of nitrogens with one attached hydrogen (secondary N) is 2. The number of aliphatic carboxylic acids is 1. The van der Waals surface area contributed by atoms with Gasteiger partial charge in [-0.15, -0.1) is 0 Å². The summed E-state index contributed by atoms with van der Waals surface area (Å²) in [6.45, 7) is 3.17. The summed E-state index contributed by atoms with van der Waals surface area (Å²) in [4.78, 5) is 34.1. The lowest BCUT2D eigenvalue weighted by Gasteiger charge is -2.25. The molecular formula is C14H16N2O5. The SMILES string of the molecule is CC(C)(CC(=O)O)NC(=O)c1ccc2c(c1)OCC(=O)N2. The molecule has 7 heteroatoms. The van der Waals surface area contributed by atoms with Crippen molar-refractivity contribution in [2.24, 2.45) is 0 Å². The number of ether oxygens (including phenoxy) is 1.